The van der Waals surface area contributed by atoms with E-state index >= 15 is 0 Å². The van der Waals surface area contributed by atoms with Gasteiger partial charge in [0.2, 0.25) is 0 Å². The molecule has 0 atom stereocenters. The highest BCUT2D eigenvalue weighted by Gasteiger charge is 2.30. The molecule has 0 aliphatic carbocycles. The predicted molar refractivity (Wildman–Crippen MR) is 121 cm³/mol. The standard InChI is InChI=1S/C25H22ClF3N2O/c1-32-24-11-21-19(14-30-13-18-8-5-9-20(10-18)25(27,28)29)16-31(23(21)12-22(24)26)15-17-6-3-2-4-7-17/h2-12,16,30H,13-15H2,1H3. The van der Waals surface area contributed by atoms with E-state index in [0.717, 1.165) is 28.1 Å². The zero-order chi connectivity index (χ0) is 22.7. The molecule has 0 fully saturated rings. The first-order valence-electron chi connectivity index (χ1n) is 10.1. The number of methoxy groups -OCH3 is 1. The molecule has 7 heteroatoms. The zero-order valence-electron chi connectivity index (χ0n) is 17.4. The minimum atomic E-state index is -4.35. The highest BCUT2D eigenvalue weighted by Crippen LogP contribution is 2.33. The molecule has 0 saturated heterocycles. The molecule has 0 unspecified atom stereocenters. The Labute approximate surface area is 189 Å². The van der Waals surface area contributed by atoms with Crippen LogP contribution in [0.3, 0.4) is 0 Å². The lowest BCUT2D eigenvalue weighted by atomic mass is 10.1. The van der Waals surface area contributed by atoms with Gasteiger partial charge in [-0.25, -0.2) is 0 Å². The van der Waals surface area contributed by atoms with E-state index < -0.39 is 11.7 Å². The highest BCUT2D eigenvalue weighted by atomic mass is 35.5. The molecular weight excluding hydrogens is 437 g/mol. The molecule has 32 heavy (non-hydrogen) atoms. The molecule has 3 nitrogen and oxygen atoms in total. The van der Waals surface area contributed by atoms with E-state index in [4.69, 9.17) is 16.3 Å². The van der Waals surface area contributed by atoms with Gasteiger partial charge in [-0.05, 0) is 34.9 Å². The SMILES string of the molecule is COc1cc2c(CNCc3cccc(C(F)(F)F)c3)cn(Cc3ccccc3)c2cc1Cl. The van der Waals surface area contributed by atoms with E-state index in [1.807, 2.05) is 36.5 Å². The van der Waals surface area contributed by atoms with Crippen LogP contribution in [0.4, 0.5) is 13.2 Å². The molecule has 0 bridgehead atoms. The summed E-state index contributed by atoms with van der Waals surface area (Å²) in [6, 6.07) is 19.2. The fourth-order valence-corrected chi connectivity index (χ4v) is 4.01. The number of nitrogens with one attached hydrogen (secondary N) is 1. The molecule has 4 aromatic rings. The van der Waals surface area contributed by atoms with Crippen molar-refractivity contribution in [2.45, 2.75) is 25.8 Å². The number of aromatic nitrogens is 1. The lowest BCUT2D eigenvalue weighted by Gasteiger charge is -2.09. The second-order valence-corrected chi connectivity index (χ2v) is 7.98. The fourth-order valence-electron chi connectivity index (χ4n) is 3.77. The summed E-state index contributed by atoms with van der Waals surface area (Å²) in [5.74, 6) is 0.579. The van der Waals surface area contributed by atoms with Crippen molar-refractivity contribution in [3.63, 3.8) is 0 Å². The van der Waals surface area contributed by atoms with Gasteiger partial charge in [0.15, 0.2) is 0 Å². The van der Waals surface area contributed by atoms with Crippen LogP contribution in [0.15, 0.2) is 72.9 Å². The van der Waals surface area contributed by atoms with Crippen molar-refractivity contribution in [1.82, 2.24) is 9.88 Å². The van der Waals surface area contributed by atoms with Crippen LogP contribution in [0.25, 0.3) is 10.9 Å². The van der Waals surface area contributed by atoms with Crippen LogP contribution >= 0.6 is 11.6 Å². The molecule has 0 spiro atoms. The largest absolute Gasteiger partial charge is 0.495 e. The van der Waals surface area contributed by atoms with Crippen LogP contribution in [0.2, 0.25) is 5.02 Å². The molecule has 3 aromatic carbocycles. The summed E-state index contributed by atoms with van der Waals surface area (Å²) in [7, 11) is 1.57. The number of ether oxygens (including phenoxy) is 1. The smallest absolute Gasteiger partial charge is 0.416 e. The molecule has 0 aliphatic rings. The first-order valence-corrected chi connectivity index (χ1v) is 10.5. The highest BCUT2D eigenvalue weighted by molar-refractivity contribution is 6.32. The maximum absolute atomic E-state index is 13.0. The van der Waals surface area contributed by atoms with Crippen molar-refractivity contribution >= 4 is 22.5 Å². The normalized spacial score (nSPS) is 11.8. The van der Waals surface area contributed by atoms with Crippen LogP contribution in [-0.2, 0) is 25.8 Å². The van der Waals surface area contributed by atoms with Crippen LogP contribution in [0.5, 0.6) is 5.75 Å². The van der Waals surface area contributed by atoms with E-state index in [9.17, 15) is 13.2 Å². The Balaban J connectivity index is 1.59. The third-order valence-corrected chi connectivity index (χ3v) is 5.63. The summed E-state index contributed by atoms with van der Waals surface area (Å²) in [6.07, 6.45) is -2.30. The van der Waals surface area contributed by atoms with Crippen molar-refractivity contribution in [2.75, 3.05) is 7.11 Å². The number of alkyl halides is 3. The number of hydrogen-bond donors (Lipinski definition) is 1. The maximum atomic E-state index is 13.0. The Bertz CT molecular complexity index is 1220. The van der Waals surface area contributed by atoms with Gasteiger partial charge in [-0.3, -0.25) is 0 Å². The molecule has 1 heterocycles. The summed E-state index contributed by atoms with van der Waals surface area (Å²) in [6.45, 7) is 1.48. The second-order valence-electron chi connectivity index (χ2n) is 7.57. The molecule has 1 N–H and O–H groups in total. The number of benzene rings is 3. The first-order chi connectivity index (χ1) is 15.3. The van der Waals surface area contributed by atoms with E-state index in [0.29, 0.717) is 36.0 Å². The minimum absolute atomic E-state index is 0.319. The number of hydrogen-bond acceptors (Lipinski definition) is 2. The minimum Gasteiger partial charge on any atom is -0.495 e. The number of rotatable bonds is 7. The molecule has 0 radical (unpaired) electrons. The summed E-state index contributed by atoms with van der Waals surface area (Å²) in [5, 5.41) is 4.77. The van der Waals surface area contributed by atoms with Gasteiger partial charge in [0.1, 0.15) is 5.75 Å². The van der Waals surface area contributed by atoms with Gasteiger partial charge in [-0.1, -0.05) is 60.1 Å². The van der Waals surface area contributed by atoms with Gasteiger partial charge in [0, 0.05) is 31.2 Å². The third kappa shape index (κ3) is 4.92. The van der Waals surface area contributed by atoms with Crippen molar-refractivity contribution in [3.8, 4) is 5.75 Å². The average molecular weight is 459 g/mol. The Morgan fingerprint density at radius 1 is 0.938 bits per heavy atom. The van der Waals surface area contributed by atoms with E-state index in [-0.39, 0.29) is 0 Å². The average Bonchev–Trinajstić information content (AvgIpc) is 3.09. The summed E-state index contributed by atoms with van der Waals surface area (Å²) in [5.41, 5.74) is 3.07. The summed E-state index contributed by atoms with van der Waals surface area (Å²) >= 11 is 6.38. The molecule has 1 aromatic heterocycles. The van der Waals surface area contributed by atoms with Gasteiger partial charge in [-0.2, -0.15) is 13.2 Å². The quantitative estimate of drug-likeness (QED) is 0.335. The number of halogens is 4. The predicted octanol–water partition coefficient (Wildman–Crippen LogP) is 6.66. The van der Waals surface area contributed by atoms with Crippen LogP contribution in [0, 0.1) is 0 Å². The maximum Gasteiger partial charge on any atom is 0.416 e. The van der Waals surface area contributed by atoms with Crippen molar-refractivity contribution in [1.29, 1.82) is 0 Å². The zero-order valence-corrected chi connectivity index (χ0v) is 18.2. The Kier molecular flexibility index (Phi) is 6.44. The van der Waals surface area contributed by atoms with Crippen LogP contribution < -0.4 is 10.1 Å². The number of fused-ring (bicyclic) bond motifs is 1. The monoisotopic (exact) mass is 458 g/mol. The van der Waals surface area contributed by atoms with Gasteiger partial charge in [0.05, 0.1) is 23.2 Å². The summed E-state index contributed by atoms with van der Waals surface area (Å²) < 4.78 is 46.4. The fraction of sp³-hybridized carbons (Fsp3) is 0.200. The Morgan fingerprint density at radius 3 is 2.41 bits per heavy atom. The molecule has 166 valence electrons. The van der Waals surface area contributed by atoms with Crippen LogP contribution in [-0.4, -0.2) is 11.7 Å². The van der Waals surface area contributed by atoms with Crippen molar-refractivity contribution < 1.29 is 17.9 Å². The Hall–Kier alpha value is -2.96. The molecule has 4 rings (SSSR count). The summed E-state index contributed by atoms with van der Waals surface area (Å²) in [4.78, 5) is 0. The molecular formula is C25H22ClF3N2O. The van der Waals surface area contributed by atoms with E-state index in [1.54, 1.807) is 13.2 Å². The van der Waals surface area contributed by atoms with Gasteiger partial charge in [-0.15, -0.1) is 0 Å². The first kappa shape index (κ1) is 22.2. The second kappa shape index (κ2) is 9.27. The van der Waals surface area contributed by atoms with Gasteiger partial charge < -0.3 is 14.6 Å². The van der Waals surface area contributed by atoms with Crippen molar-refractivity contribution in [2.24, 2.45) is 0 Å². The number of nitrogens with zero attached hydrogens (tertiary/aromatic N) is 1. The van der Waals surface area contributed by atoms with Gasteiger partial charge >= 0.3 is 6.18 Å². The molecule has 0 aliphatic heterocycles. The lowest BCUT2D eigenvalue weighted by Crippen LogP contribution is -2.13. The third-order valence-electron chi connectivity index (χ3n) is 5.33. The lowest BCUT2D eigenvalue weighted by molar-refractivity contribution is -0.137. The van der Waals surface area contributed by atoms with E-state index in [2.05, 4.69) is 22.0 Å². The van der Waals surface area contributed by atoms with E-state index in [1.165, 1.54) is 12.1 Å². The van der Waals surface area contributed by atoms with Crippen molar-refractivity contribution in [3.05, 3.63) is 100 Å². The molecule has 0 amide bonds. The Morgan fingerprint density at radius 2 is 1.69 bits per heavy atom. The topological polar surface area (TPSA) is 26.2 Å². The van der Waals surface area contributed by atoms with Crippen LogP contribution in [0.1, 0.15) is 22.3 Å². The molecule has 0 saturated carbocycles. The van der Waals surface area contributed by atoms with Gasteiger partial charge in [0.25, 0.3) is 0 Å².